The number of hydrogen-bond donors (Lipinski definition) is 2. The quantitative estimate of drug-likeness (QED) is 0.828. The van der Waals surface area contributed by atoms with E-state index in [0.29, 0.717) is 17.6 Å². The van der Waals surface area contributed by atoms with Gasteiger partial charge >= 0.3 is 0 Å². The van der Waals surface area contributed by atoms with Crippen LogP contribution in [0.1, 0.15) is 55.4 Å². The fourth-order valence-corrected chi connectivity index (χ4v) is 3.50. The molecule has 1 aliphatic carbocycles. The first-order valence-corrected chi connectivity index (χ1v) is 8.64. The Bertz CT molecular complexity index is 729. The summed E-state index contributed by atoms with van der Waals surface area (Å²) in [5, 5.41) is 4.33. The van der Waals surface area contributed by atoms with Crippen LogP contribution >= 0.6 is 0 Å². The molecule has 1 fully saturated rings. The molecule has 1 aromatic carbocycles. The monoisotopic (exact) mass is 312 g/mol. The molecule has 4 heteroatoms. The van der Waals surface area contributed by atoms with Crippen molar-refractivity contribution >= 4 is 16.7 Å². The molecule has 0 spiro atoms. The van der Waals surface area contributed by atoms with E-state index in [9.17, 15) is 9.59 Å². The van der Waals surface area contributed by atoms with E-state index in [1.54, 1.807) is 12.1 Å². The number of benzene rings is 1. The summed E-state index contributed by atoms with van der Waals surface area (Å²) >= 11 is 0. The number of H-pyrrole nitrogens is 1. The van der Waals surface area contributed by atoms with Gasteiger partial charge in [-0.1, -0.05) is 50.3 Å². The first kappa shape index (κ1) is 15.8. The topological polar surface area (TPSA) is 62.0 Å². The van der Waals surface area contributed by atoms with Crippen molar-refractivity contribution in [1.82, 2.24) is 10.3 Å². The van der Waals surface area contributed by atoms with E-state index in [2.05, 4.69) is 10.3 Å². The molecule has 1 aliphatic rings. The number of nitrogens with one attached hydrogen (secondary N) is 2. The fraction of sp³-hybridized carbons (Fsp3) is 0.474. The number of carbonyl (C=O) groups excluding carboxylic acids is 1. The van der Waals surface area contributed by atoms with E-state index in [4.69, 9.17) is 0 Å². The molecule has 3 rings (SSSR count). The van der Waals surface area contributed by atoms with E-state index in [-0.39, 0.29) is 11.5 Å². The Labute approximate surface area is 136 Å². The van der Waals surface area contributed by atoms with Crippen molar-refractivity contribution in [3.8, 4) is 0 Å². The average Bonchev–Trinajstić information content (AvgIpc) is 2.59. The van der Waals surface area contributed by atoms with Crippen LogP contribution in [0.4, 0.5) is 0 Å². The van der Waals surface area contributed by atoms with Crippen molar-refractivity contribution in [3.05, 3.63) is 46.4 Å². The highest BCUT2D eigenvalue weighted by molar-refractivity contribution is 5.96. The van der Waals surface area contributed by atoms with Crippen LogP contribution in [0.3, 0.4) is 0 Å². The molecule has 1 saturated carbocycles. The SMILES string of the molecule is O=C(NCCCC1CCCCC1)c1cc2ccccc2c(=O)[nH]1. The van der Waals surface area contributed by atoms with Crippen molar-refractivity contribution in [2.24, 2.45) is 5.92 Å². The maximum atomic E-state index is 12.2. The maximum absolute atomic E-state index is 12.2. The number of aromatic nitrogens is 1. The largest absolute Gasteiger partial charge is 0.351 e. The van der Waals surface area contributed by atoms with Crippen molar-refractivity contribution in [2.45, 2.75) is 44.9 Å². The molecule has 23 heavy (non-hydrogen) atoms. The van der Waals surface area contributed by atoms with Gasteiger partial charge in [0, 0.05) is 11.9 Å². The van der Waals surface area contributed by atoms with Crippen molar-refractivity contribution < 1.29 is 4.79 Å². The highest BCUT2D eigenvalue weighted by Crippen LogP contribution is 2.26. The Balaban J connectivity index is 1.55. The summed E-state index contributed by atoms with van der Waals surface area (Å²) < 4.78 is 0. The number of hydrogen-bond acceptors (Lipinski definition) is 2. The second-order valence-corrected chi connectivity index (χ2v) is 6.50. The van der Waals surface area contributed by atoms with Gasteiger partial charge in [0.25, 0.3) is 11.5 Å². The minimum atomic E-state index is -0.213. The number of pyridine rings is 1. The molecule has 1 heterocycles. The second-order valence-electron chi connectivity index (χ2n) is 6.50. The van der Waals surface area contributed by atoms with Crippen LogP contribution in [0.5, 0.6) is 0 Å². The molecular weight excluding hydrogens is 288 g/mol. The molecule has 0 unspecified atom stereocenters. The van der Waals surface area contributed by atoms with Gasteiger partial charge in [-0.05, 0) is 36.3 Å². The summed E-state index contributed by atoms with van der Waals surface area (Å²) in [6.07, 6.45) is 8.97. The molecule has 0 atom stereocenters. The van der Waals surface area contributed by atoms with Crippen molar-refractivity contribution in [1.29, 1.82) is 0 Å². The Morgan fingerprint density at radius 2 is 1.96 bits per heavy atom. The van der Waals surface area contributed by atoms with Gasteiger partial charge < -0.3 is 10.3 Å². The normalized spacial score (nSPS) is 15.7. The number of carbonyl (C=O) groups is 1. The Hall–Kier alpha value is -2.10. The van der Waals surface area contributed by atoms with Gasteiger partial charge in [0.05, 0.1) is 0 Å². The van der Waals surface area contributed by atoms with E-state index < -0.39 is 0 Å². The van der Waals surface area contributed by atoms with Crippen LogP contribution < -0.4 is 10.9 Å². The minimum Gasteiger partial charge on any atom is -0.351 e. The Kier molecular flexibility index (Phi) is 5.11. The smallest absolute Gasteiger partial charge is 0.267 e. The van der Waals surface area contributed by atoms with Gasteiger partial charge in [0.1, 0.15) is 5.69 Å². The molecule has 4 nitrogen and oxygen atoms in total. The van der Waals surface area contributed by atoms with Crippen molar-refractivity contribution in [3.63, 3.8) is 0 Å². The highest BCUT2D eigenvalue weighted by atomic mass is 16.2. The summed E-state index contributed by atoms with van der Waals surface area (Å²) in [6, 6.07) is 9.05. The molecule has 0 aliphatic heterocycles. The van der Waals surface area contributed by atoms with Crippen LogP contribution in [0.2, 0.25) is 0 Å². The van der Waals surface area contributed by atoms with E-state index in [1.807, 2.05) is 18.2 Å². The zero-order valence-corrected chi connectivity index (χ0v) is 13.4. The maximum Gasteiger partial charge on any atom is 0.267 e. The van der Waals surface area contributed by atoms with E-state index in [0.717, 1.165) is 17.7 Å². The van der Waals surface area contributed by atoms with Crippen LogP contribution in [0, 0.1) is 5.92 Å². The molecule has 2 N–H and O–H groups in total. The lowest BCUT2D eigenvalue weighted by atomic mass is 9.86. The molecule has 1 aromatic heterocycles. The number of fused-ring (bicyclic) bond motifs is 1. The van der Waals surface area contributed by atoms with Crippen molar-refractivity contribution in [2.75, 3.05) is 6.54 Å². The predicted octanol–water partition coefficient (Wildman–Crippen LogP) is 3.62. The van der Waals surface area contributed by atoms with Gasteiger partial charge in [-0.15, -0.1) is 0 Å². The van der Waals surface area contributed by atoms with Crippen LogP contribution in [0.15, 0.2) is 35.1 Å². The van der Waals surface area contributed by atoms with Crippen LogP contribution in [0.25, 0.3) is 10.8 Å². The average molecular weight is 312 g/mol. The molecular formula is C19H24N2O2. The van der Waals surface area contributed by atoms with Gasteiger partial charge in [-0.25, -0.2) is 0 Å². The van der Waals surface area contributed by atoms with E-state index >= 15 is 0 Å². The second kappa shape index (κ2) is 7.44. The van der Waals surface area contributed by atoms with Crippen LogP contribution in [-0.2, 0) is 0 Å². The lowest BCUT2D eigenvalue weighted by Gasteiger charge is -2.21. The predicted molar refractivity (Wildman–Crippen MR) is 92.7 cm³/mol. The third-order valence-electron chi connectivity index (χ3n) is 4.80. The Morgan fingerprint density at radius 1 is 1.17 bits per heavy atom. The zero-order valence-electron chi connectivity index (χ0n) is 13.4. The zero-order chi connectivity index (χ0) is 16.1. The van der Waals surface area contributed by atoms with Gasteiger partial charge in [-0.3, -0.25) is 9.59 Å². The summed E-state index contributed by atoms with van der Waals surface area (Å²) in [7, 11) is 0. The number of aromatic amines is 1. The molecule has 0 radical (unpaired) electrons. The lowest BCUT2D eigenvalue weighted by molar-refractivity contribution is 0.0947. The summed E-state index contributed by atoms with van der Waals surface area (Å²) in [5.41, 5.74) is 0.127. The first-order valence-electron chi connectivity index (χ1n) is 8.64. The lowest BCUT2D eigenvalue weighted by Crippen LogP contribution is -2.27. The molecule has 122 valence electrons. The molecule has 2 aromatic rings. The van der Waals surface area contributed by atoms with Gasteiger partial charge in [0.15, 0.2) is 0 Å². The van der Waals surface area contributed by atoms with E-state index in [1.165, 1.54) is 38.5 Å². The molecule has 0 saturated heterocycles. The summed E-state index contributed by atoms with van der Waals surface area (Å²) in [4.78, 5) is 26.9. The number of amides is 1. The highest BCUT2D eigenvalue weighted by Gasteiger charge is 2.13. The molecule has 0 bridgehead atoms. The number of rotatable bonds is 5. The van der Waals surface area contributed by atoms with Crippen LogP contribution in [-0.4, -0.2) is 17.4 Å². The summed E-state index contributed by atoms with van der Waals surface area (Å²) in [5.74, 6) is 0.637. The summed E-state index contributed by atoms with van der Waals surface area (Å²) in [6.45, 7) is 0.671. The first-order chi connectivity index (χ1) is 11.2. The third-order valence-corrected chi connectivity index (χ3v) is 4.80. The third kappa shape index (κ3) is 4.01. The minimum absolute atomic E-state index is 0.198. The standard InChI is InChI=1S/C19H24N2O2/c22-18-16-11-5-4-10-15(16)13-17(21-18)19(23)20-12-6-9-14-7-2-1-3-8-14/h4-5,10-11,13-14H,1-3,6-9,12H2,(H,20,23)(H,21,22). The fourth-order valence-electron chi connectivity index (χ4n) is 3.50. The Morgan fingerprint density at radius 3 is 2.78 bits per heavy atom. The van der Waals surface area contributed by atoms with Gasteiger partial charge in [-0.2, -0.15) is 0 Å². The molecule has 1 amide bonds. The van der Waals surface area contributed by atoms with Gasteiger partial charge in [0.2, 0.25) is 0 Å².